The first-order chi connectivity index (χ1) is 9.79. The molecule has 8 heteroatoms. The highest BCUT2D eigenvalue weighted by Gasteiger charge is 2.29. The van der Waals surface area contributed by atoms with Gasteiger partial charge in [0.25, 0.3) is 0 Å². The van der Waals surface area contributed by atoms with Crippen molar-refractivity contribution in [1.29, 1.82) is 0 Å². The molecule has 0 heterocycles. The lowest BCUT2D eigenvalue weighted by Crippen LogP contribution is -2.27. The molecule has 0 aromatic heterocycles. The topological polar surface area (TPSA) is 78.4 Å². The lowest BCUT2D eigenvalue weighted by Gasteiger charge is -2.09. The van der Waals surface area contributed by atoms with E-state index in [1.165, 1.54) is 12.1 Å². The summed E-state index contributed by atoms with van der Waals surface area (Å²) in [5.41, 5.74) is -0.251. The van der Waals surface area contributed by atoms with Crippen LogP contribution in [-0.2, 0) is 15.8 Å². The van der Waals surface area contributed by atoms with Gasteiger partial charge in [0.05, 0.1) is 5.56 Å². The number of hydrogen-bond acceptors (Lipinski definition) is 3. The van der Waals surface area contributed by atoms with Crippen LogP contribution in [0.2, 0.25) is 0 Å². The fourth-order valence-electron chi connectivity index (χ4n) is 1.38. The Bertz CT molecular complexity index is 524. The van der Waals surface area contributed by atoms with Gasteiger partial charge in [-0.25, -0.2) is 4.79 Å². The lowest BCUT2D eigenvalue weighted by molar-refractivity contribution is -0.137. The number of carboxylic acid groups (broad SMARTS) is 1. The number of halogens is 3. The zero-order valence-electron chi connectivity index (χ0n) is 10.8. The van der Waals surface area contributed by atoms with Crippen LogP contribution in [0.15, 0.2) is 36.4 Å². The highest BCUT2D eigenvalue weighted by Crippen LogP contribution is 2.29. The number of aliphatic carboxylic acids is 1. The van der Waals surface area contributed by atoms with Gasteiger partial charge in [0.2, 0.25) is 5.91 Å². The molecule has 5 nitrogen and oxygen atoms in total. The van der Waals surface area contributed by atoms with Crippen LogP contribution >= 0.6 is 0 Å². The molecule has 0 aliphatic rings. The van der Waals surface area contributed by atoms with Crippen molar-refractivity contribution in [2.75, 3.05) is 18.4 Å². The molecule has 1 rings (SSSR count). The molecule has 0 spiro atoms. The monoisotopic (exact) mass is 302 g/mol. The maximum atomic E-state index is 12.3. The fraction of sp³-hybridized carbons (Fsp3) is 0.231. The molecule has 0 atom stereocenters. The molecule has 1 aromatic rings. The molecule has 0 aliphatic carbocycles. The van der Waals surface area contributed by atoms with Crippen molar-refractivity contribution in [3.63, 3.8) is 0 Å². The van der Waals surface area contributed by atoms with E-state index in [0.29, 0.717) is 11.8 Å². The second-order valence-corrected chi connectivity index (χ2v) is 3.96. The molecular formula is C13H13F3N2O3. The minimum absolute atomic E-state index is 0.198. The van der Waals surface area contributed by atoms with Crippen molar-refractivity contribution in [1.82, 2.24) is 5.32 Å². The number of nitrogens with one attached hydrogen (secondary N) is 2. The third-order valence-electron chi connectivity index (χ3n) is 2.34. The van der Waals surface area contributed by atoms with Gasteiger partial charge in [0, 0.05) is 30.9 Å². The van der Waals surface area contributed by atoms with Crippen LogP contribution in [0.5, 0.6) is 0 Å². The number of carboxylic acids is 1. The zero-order chi connectivity index (χ0) is 15.9. The molecule has 114 valence electrons. The number of anilines is 1. The Morgan fingerprint density at radius 3 is 2.24 bits per heavy atom. The molecule has 0 saturated heterocycles. The fourth-order valence-corrected chi connectivity index (χ4v) is 1.38. The highest BCUT2D eigenvalue weighted by atomic mass is 19.4. The van der Waals surface area contributed by atoms with E-state index in [1.54, 1.807) is 0 Å². The molecule has 1 amide bonds. The Kier molecular flexibility index (Phi) is 5.77. The predicted molar refractivity (Wildman–Crippen MR) is 69.7 cm³/mol. The van der Waals surface area contributed by atoms with E-state index >= 15 is 0 Å². The summed E-state index contributed by atoms with van der Waals surface area (Å²) in [6.45, 7) is 0.488. The molecule has 0 fully saturated rings. The van der Waals surface area contributed by atoms with Gasteiger partial charge in [-0.15, -0.1) is 0 Å². The standard InChI is InChI=1S/C13H13F3N2O3/c14-13(15,16)9-1-3-10(4-2-9)17-7-8-18-11(19)5-6-12(20)21/h1-6,17H,7-8H2,(H,18,19)(H,20,21). The number of benzene rings is 1. The van der Waals surface area contributed by atoms with Crippen LogP contribution in [0.4, 0.5) is 18.9 Å². The summed E-state index contributed by atoms with van der Waals surface area (Å²) in [5.74, 6) is -1.79. The molecule has 1 aromatic carbocycles. The van der Waals surface area contributed by atoms with Gasteiger partial charge in [0.1, 0.15) is 0 Å². The van der Waals surface area contributed by atoms with Crippen molar-refractivity contribution in [2.24, 2.45) is 0 Å². The van der Waals surface area contributed by atoms with Gasteiger partial charge < -0.3 is 15.7 Å². The summed E-state index contributed by atoms with van der Waals surface area (Å²) < 4.78 is 37.0. The zero-order valence-corrected chi connectivity index (χ0v) is 10.8. The number of alkyl halides is 3. The third-order valence-corrected chi connectivity index (χ3v) is 2.34. The van der Waals surface area contributed by atoms with Crippen LogP contribution < -0.4 is 10.6 Å². The Hall–Kier alpha value is -2.51. The number of rotatable bonds is 6. The van der Waals surface area contributed by atoms with Crippen molar-refractivity contribution in [2.45, 2.75) is 6.18 Å². The maximum Gasteiger partial charge on any atom is 0.416 e. The summed E-state index contributed by atoms with van der Waals surface area (Å²) in [5, 5.41) is 13.5. The minimum atomic E-state index is -4.37. The maximum absolute atomic E-state index is 12.3. The molecular weight excluding hydrogens is 289 g/mol. The van der Waals surface area contributed by atoms with Crippen LogP contribution in [-0.4, -0.2) is 30.1 Å². The molecule has 0 bridgehead atoms. The first-order valence-electron chi connectivity index (χ1n) is 5.89. The van der Waals surface area contributed by atoms with Crippen molar-refractivity contribution in [3.05, 3.63) is 42.0 Å². The van der Waals surface area contributed by atoms with E-state index < -0.39 is 23.6 Å². The normalized spacial score (nSPS) is 11.4. The first kappa shape index (κ1) is 16.5. The molecule has 0 saturated carbocycles. The van der Waals surface area contributed by atoms with Gasteiger partial charge >= 0.3 is 12.1 Å². The Morgan fingerprint density at radius 1 is 1.10 bits per heavy atom. The number of hydrogen-bond donors (Lipinski definition) is 3. The quantitative estimate of drug-likeness (QED) is 0.554. The van der Waals surface area contributed by atoms with Crippen LogP contribution in [0.3, 0.4) is 0 Å². The lowest BCUT2D eigenvalue weighted by atomic mass is 10.2. The van der Waals surface area contributed by atoms with Crippen molar-refractivity contribution < 1.29 is 27.9 Å². The first-order valence-corrected chi connectivity index (χ1v) is 5.89. The Labute approximate surface area is 118 Å². The van der Waals surface area contributed by atoms with Gasteiger partial charge in [-0.05, 0) is 24.3 Å². The SMILES string of the molecule is O=C(O)C=CC(=O)NCCNc1ccc(C(F)(F)F)cc1. The average molecular weight is 302 g/mol. The van der Waals surface area contributed by atoms with Gasteiger partial charge in [-0.3, -0.25) is 4.79 Å². The predicted octanol–water partition coefficient (Wildman–Crippen LogP) is 1.87. The molecule has 0 aliphatic heterocycles. The number of carbonyl (C=O) groups excluding carboxylic acids is 1. The van der Waals surface area contributed by atoms with Crippen LogP contribution in [0, 0.1) is 0 Å². The Balaban J connectivity index is 2.33. The Morgan fingerprint density at radius 2 is 1.71 bits per heavy atom. The largest absolute Gasteiger partial charge is 0.478 e. The average Bonchev–Trinajstić information content (AvgIpc) is 2.41. The molecule has 0 radical (unpaired) electrons. The third kappa shape index (κ3) is 6.46. The van der Waals surface area contributed by atoms with Gasteiger partial charge in [-0.2, -0.15) is 13.2 Å². The second-order valence-electron chi connectivity index (χ2n) is 3.96. The van der Waals surface area contributed by atoms with E-state index in [1.807, 2.05) is 0 Å². The summed E-state index contributed by atoms with van der Waals surface area (Å²) in [6, 6.07) is 4.48. The number of carbonyl (C=O) groups is 2. The van der Waals surface area contributed by atoms with Gasteiger partial charge in [0.15, 0.2) is 0 Å². The summed E-state index contributed by atoms with van der Waals surface area (Å²) >= 11 is 0. The smallest absolute Gasteiger partial charge is 0.416 e. The minimum Gasteiger partial charge on any atom is -0.478 e. The molecule has 3 N–H and O–H groups in total. The van der Waals surface area contributed by atoms with Crippen LogP contribution in [0.25, 0.3) is 0 Å². The van der Waals surface area contributed by atoms with E-state index in [4.69, 9.17) is 5.11 Å². The van der Waals surface area contributed by atoms with Crippen molar-refractivity contribution >= 4 is 17.6 Å². The van der Waals surface area contributed by atoms with Crippen LogP contribution in [0.1, 0.15) is 5.56 Å². The summed E-state index contributed by atoms with van der Waals surface area (Å²) in [4.78, 5) is 21.3. The van der Waals surface area contributed by atoms with E-state index in [9.17, 15) is 22.8 Å². The van der Waals surface area contributed by atoms with Crippen molar-refractivity contribution in [3.8, 4) is 0 Å². The summed E-state index contributed by atoms with van der Waals surface area (Å²) in [7, 11) is 0. The highest BCUT2D eigenvalue weighted by molar-refractivity contribution is 5.93. The number of amides is 1. The molecule has 21 heavy (non-hydrogen) atoms. The van der Waals surface area contributed by atoms with Gasteiger partial charge in [-0.1, -0.05) is 0 Å². The summed E-state index contributed by atoms with van der Waals surface area (Å²) in [6.07, 6.45) is -2.79. The molecule has 0 unspecified atom stereocenters. The van der Waals surface area contributed by atoms with E-state index in [0.717, 1.165) is 18.2 Å². The van der Waals surface area contributed by atoms with E-state index in [2.05, 4.69) is 10.6 Å². The van der Waals surface area contributed by atoms with E-state index in [-0.39, 0.29) is 13.1 Å². The second kappa shape index (κ2) is 7.32.